The summed E-state index contributed by atoms with van der Waals surface area (Å²) in [5.74, 6) is 0. The molecule has 0 saturated carbocycles. The van der Waals surface area contributed by atoms with E-state index < -0.39 is 6.16 Å². The quantitative estimate of drug-likeness (QED) is 0.548. The minimum Gasteiger partial charge on any atom is -0.434 e. The van der Waals surface area contributed by atoms with Gasteiger partial charge in [-0.15, -0.1) is 0 Å². The molecular formula is C7H14O5. The molecule has 5 nitrogen and oxygen atoms in total. The average molecular weight is 178 g/mol. The van der Waals surface area contributed by atoms with Crippen LogP contribution in [0.3, 0.4) is 0 Å². The summed E-state index contributed by atoms with van der Waals surface area (Å²) in [5, 5.41) is 15.2. The van der Waals surface area contributed by atoms with E-state index in [1.165, 1.54) is 0 Å². The molecule has 0 bridgehead atoms. The van der Waals surface area contributed by atoms with Gasteiger partial charge in [0.2, 0.25) is 0 Å². The summed E-state index contributed by atoms with van der Waals surface area (Å²) in [5.41, 5.74) is 0. The SMILES string of the molecule is O=C1OCCCCO1.OCCO. The summed E-state index contributed by atoms with van der Waals surface area (Å²) in [4.78, 5) is 10.2. The maximum Gasteiger partial charge on any atom is 0.508 e. The molecule has 1 fully saturated rings. The number of hydrogen-bond acceptors (Lipinski definition) is 5. The number of carbonyl (C=O) groups excluding carboxylic acids is 1. The van der Waals surface area contributed by atoms with Gasteiger partial charge in [-0.2, -0.15) is 0 Å². The van der Waals surface area contributed by atoms with Crippen molar-refractivity contribution in [3.8, 4) is 0 Å². The van der Waals surface area contributed by atoms with Gasteiger partial charge in [0.1, 0.15) is 0 Å². The molecule has 1 aliphatic heterocycles. The number of ether oxygens (including phenoxy) is 2. The molecule has 0 amide bonds. The minimum absolute atomic E-state index is 0.125. The Labute approximate surface area is 70.9 Å². The molecule has 1 rings (SSSR count). The lowest BCUT2D eigenvalue weighted by Gasteiger charge is -1.94. The van der Waals surface area contributed by atoms with Crippen LogP contribution in [0.2, 0.25) is 0 Å². The number of aliphatic hydroxyl groups is 2. The van der Waals surface area contributed by atoms with Crippen molar-refractivity contribution in [2.24, 2.45) is 0 Å². The third-order valence-electron chi connectivity index (χ3n) is 1.08. The van der Waals surface area contributed by atoms with E-state index in [2.05, 4.69) is 9.47 Å². The van der Waals surface area contributed by atoms with E-state index in [0.29, 0.717) is 13.2 Å². The average Bonchev–Trinajstić information content (AvgIpc) is 2.33. The fourth-order valence-corrected chi connectivity index (χ4v) is 0.557. The van der Waals surface area contributed by atoms with Crippen molar-refractivity contribution in [3.63, 3.8) is 0 Å². The van der Waals surface area contributed by atoms with Crippen molar-refractivity contribution in [1.29, 1.82) is 0 Å². The third-order valence-corrected chi connectivity index (χ3v) is 1.08. The van der Waals surface area contributed by atoms with Gasteiger partial charge in [-0.3, -0.25) is 0 Å². The summed E-state index contributed by atoms with van der Waals surface area (Å²) >= 11 is 0. The second kappa shape index (κ2) is 8.29. The van der Waals surface area contributed by atoms with Gasteiger partial charge in [-0.05, 0) is 12.8 Å². The van der Waals surface area contributed by atoms with Crippen molar-refractivity contribution in [1.82, 2.24) is 0 Å². The molecule has 0 spiro atoms. The molecular weight excluding hydrogens is 164 g/mol. The van der Waals surface area contributed by atoms with Crippen LogP contribution in [-0.4, -0.2) is 42.8 Å². The molecule has 0 aromatic rings. The van der Waals surface area contributed by atoms with Crippen LogP contribution >= 0.6 is 0 Å². The number of aliphatic hydroxyl groups excluding tert-OH is 2. The summed E-state index contributed by atoms with van der Waals surface area (Å²) in [7, 11) is 0. The van der Waals surface area contributed by atoms with E-state index in [9.17, 15) is 4.79 Å². The van der Waals surface area contributed by atoms with Crippen LogP contribution in [-0.2, 0) is 9.47 Å². The third kappa shape index (κ3) is 7.30. The first-order valence-corrected chi connectivity index (χ1v) is 3.82. The second-order valence-electron chi connectivity index (χ2n) is 2.10. The van der Waals surface area contributed by atoms with Crippen LogP contribution in [0.1, 0.15) is 12.8 Å². The largest absolute Gasteiger partial charge is 0.508 e. The van der Waals surface area contributed by atoms with E-state index in [-0.39, 0.29) is 13.2 Å². The predicted octanol–water partition coefficient (Wildman–Crippen LogP) is -0.0956. The van der Waals surface area contributed by atoms with Gasteiger partial charge in [0.25, 0.3) is 0 Å². The van der Waals surface area contributed by atoms with Crippen LogP contribution in [0, 0.1) is 0 Å². The Hall–Kier alpha value is -0.810. The summed E-state index contributed by atoms with van der Waals surface area (Å²) in [6.45, 7) is 0.775. The van der Waals surface area contributed by atoms with E-state index >= 15 is 0 Å². The highest BCUT2D eigenvalue weighted by Crippen LogP contribution is 1.99. The lowest BCUT2D eigenvalue weighted by atomic mass is 10.3. The molecule has 1 heterocycles. The molecule has 0 aromatic carbocycles. The van der Waals surface area contributed by atoms with E-state index in [4.69, 9.17) is 10.2 Å². The van der Waals surface area contributed by atoms with Gasteiger partial charge < -0.3 is 19.7 Å². The topological polar surface area (TPSA) is 76.0 Å². The molecule has 0 radical (unpaired) electrons. The van der Waals surface area contributed by atoms with E-state index in [1.807, 2.05) is 0 Å². The molecule has 0 atom stereocenters. The maximum atomic E-state index is 10.2. The fraction of sp³-hybridized carbons (Fsp3) is 0.857. The summed E-state index contributed by atoms with van der Waals surface area (Å²) in [6.07, 6.45) is 1.32. The van der Waals surface area contributed by atoms with Gasteiger partial charge >= 0.3 is 6.16 Å². The molecule has 5 heteroatoms. The maximum absolute atomic E-state index is 10.2. The standard InChI is InChI=1S/C5H8O3.C2H6O2/c6-5-7-3-1-2-4-8-5;3-1-2-4/h1-4H2;3-4H,1-2H2. The van der Waals surface area contributed by atoms with Crippen molar-refractivity contribution < 1.29 is 24.5 Å². The van der Waals surface area contributed by atoms with Crippen molar-refractivity contribution in [3.05, 3.63) is 0 Å². The minimum atomic E-state index is -0.525. The van der Waals surface area contributed by atoms with Crippen LogP contribution in [0.15, 0.2) is 0 Å². The molecule has 0 unspecified atom stereocenters. The van der Waals surface area contributed by atoms with E-state index in [0.717, 1.165) is 12.8 Å². The highest BCUT2D eigenvalue weighted by molar-refractivity contribution is 5.59. The first-order chi connectivity index (χ1) is 5.81. The van der Waals surface area contributed by atoms with Crippen LogP contribution < -0.4 is 0 Å². The van der Waals surface area contributed by atoms with Gasteiger partial charge in [0.05, 0.1) is 26.4 Å². The van der Waals surface area contributed by atoms with Gasteiger partial charge in [-0.25, -0.2) is 4.79 Å². The number of cyclic esters (lactones) is 2. The molecule has 72 valence electrons. The summed E-state index contributed by atoms with van der Waals surface area (Å²) in [6, 6.07) is 0. The monoisotopic (exact) mass is 178 g/mol. The first kappa shape index (κ1) is 11.2. The lowest BCUT2D eigenvalue weighted by molar-refractivity contribution is 0.0728. The van der Waals surface area contributed by atoms with Crippen LogP contribution in [0.25, 0.3) is 0 Å². The van der Waals surface area contributed by atoms with Gasteiger partial charge in [-0.1, -0.05) is 0 Å². The molecule has 0 aliphatic carbocycles. The second-order valence-corrected chi connectivity index (χ2v) is 2.10. The van der Waals surface area contributed by atoms with Gasteiger partial charge in [0.15, 0.2) is 0 Å². The Balaban J connectivity index is 0.000000261. The fourth-order valence-electron chi connectivity index (χ4n) is 0.557. The number of carbonyl (C=O) groups is 1. The van der Waals surface area contributed by atoms with Crippen LogP contribution in [0.4, 0.5) is 4.79 Å². The Bertz CT molecular complexity index is 102. The Kier molecular flexibility index (Phi) is 7.73. The zero-order valence-electron chi connectivity index (χ0n) is 6.86. The molecule has 12 heavy (non-hydrogen) atoms. The zero-order valence-corrected chi connectivity index (χ0v) is 6.86. The molecule has 0 aromatic heterocycles. The summed E-state index contributed by atoms with van der Waals surface area (Å²) < 4.78 is 9.08. The lowest BCUT2D eigenvalue weighted by Crippen LogP contribution is -2.02. The van der Waals surface area contributed by atoms with E-state index in [1.54, 1.807) is 0 Å². The van der Waals surface area contributed by atoms with Crippen molar-refractivity contribution in [2.45, 2.75) is 12.8 Å². The zero-order chi connectivity index (χ0) is 9.23. The van der Waals surface area contributed by atoms with Gasteiger partial charge in [0, 0.05) is 0 Å². The molecule has 1 aliphatic rings. The van der Waals surface area contributed by atoms with Crippen molar-refractivity contribution >= 4 is 6.16 Å². The smallest absolute Gasteiger partial charge is 0.434 e. The van der Waals surface area contributed by atoms with Crippen molar-refractivity contribution in [2.75, 3.05) is 26.4 Å². The molecule has 2 N–H and O–H groups in total. The highest BCUT2D eigenvalue weighted by Gasteiger charge is 2.06. The normalized spacial score (nSPS) is 16.3. The Morgan fingerprint density at radius 2 is 1.50 bits per heavy atom. The Morgan fingerprint density at radius 3 is 1.83 bits per heavy atom. The number of rotatable bonds is 1. The first-order valence-electron chi connectivity index (χ1n) is 3.82. The Morgan fingerprint density at radius 1 is 1.08 bits per heavy atom. The highest BCUT2D eigenvalue weighted by atomic mass is 16.7. The number of hydrogen-bond donors (Lipinski definition) is 2. The van der Waals surface area contributed by atoms with Crippen LogP contribution in [0.5, 0.6) is 0 Å². The predicted molar refractivity (Wildman–Crippen MR) is 40.7 cm³/mol. The molecule has 1 saturated heterocycles.